The normalized spacial score (nSPS) is 17.1. The highest BCUT2D eigenvalue weighted by atomic mass is 16.5. The number of ether oxygens (including phenoxy) is 1. The van der Waals surface area contributed by atoms with Gasteiger partial charge in [-0.15, -0.1) is 0 Å². The number of carbonyl (C=O) groups excluding carboxylic acids is 1. The molecule has 0 N–H and O–H groups in total. The molecule has 1 aliphatic carbocycles. The van der Waals surface area contributed by atoms with E-state index in [1.807, 2.05) is 26.0 Å². The van der Waals surface area contributed by atoms with Crippen LogP contribution in [0.3, 0.4) is 0 Å². The molecular weight excluding hydrogens is 380 g/mol. The van der Waals surface area contributed by atoms with Crippen molar-refractivity contribution in [2.45, 2.75) is 97.8 Å². The van der Waals surface area contributed by atoms with Crippen LogP contribution >= 0.6 is 0 Å². The number of fused-ring (bicyclic) bond motifs is 1. The van der Waals surface area contributed by atoms with Crippen molar-refractivity contribution in [3.63, 3.8) is 0 Å². The Labute approximate surface area is 190 Å². The minimum atomic E-state index is -0.310. The minimum absolute atomic E-state index is 0.179. The van der Waals surface area contributed by atoms with E-state index < -0.39 is 0 Å². The average molecular weight is 421 g/mol. The van der Waals surface area contributed by atoms with Crippen molar-refractivity contribution >= 4 is 5.97 Å². The van der Waals surface area contributed by atoms with Gasteiger partial charge in [-0.3, -0.25) is 0 Å². The monoisotopic (exact) mass is 420 g/mol. The fraction of sp³-hybridized carbons (Fsp3) is 0.552. The van der Waals surface area contributed by atoms with Crippen molar-refractivity contribution in [3.05, 3.63) is 58.2 Å². The van der Waals surface area contributed by atoms with Gasteiger partial charge in [-0.2, -0.15) is 0 Å². The molecule has 31 heavy (non-hydrogen) atoms. The molecule has 2 heteroatoms. The minimum Gasteiger partial charge on any atom is -0.463 e. The summed E-state index contributed by atoms with van der Waals surface area (Å²) in [5, 5.41) is 0. The van der Waals surface area contributed by atoms with Crippen LogP contribution in [0.2, 0.25) is 0 Å². The highest BCUT2D eigenvalue weighted by Gasteiger charge is 2.37. The Hall–Kier alpha value is -2.27. The topological polar surface area (TPSA) is 26.3 Å². The van der Waals surface area contributed by atoms with Crippen LogP contribution in [0.4, 0.5) is 0 Å². The quantitative estimate of drug-likeness (QED) is 0.153. The highest BCUT2D eigenvalue weighted by molar-refractivity contribution is 5.83. The largest absolute Gasteiger partial charge is 0.463 e. The van der Waals surface area contributed by atoms with E-state index in [2.05, 4.69) is 58.6 Å². The predicted octanol–water partition coefficient (Wildman–Crippen LogP) is 7.19. The Morgan fingerprint density at radius 3 is 2.32 bits per heavy atom. The van der Waals surface area contributed by atoms with Gasteiger partial charge in [0.25, 0.3) is 0 Å². The van der Waals surface area contributed by atoms with Gasteiger partial charge < -0.3 is 4.74 Å². The zero-order chi connectivity index (χ0) is 23.1. The summed E-state index contributed by atoms with van der Waals surface area (Å²) >= 11 is 0. The van der Waals surface area contributed by atoms with E-state index in [1.165, 1.54) is 54.9 Å². The van der Waals surface area contributed by atoms with Crippen molar-refractivity contribution in [3.8, 4) is 11.8 Å². The first-order valence-electron chi connectivity index (χ1n) is 11.8. The summed E-state index contributed by atoms with van der Waals surface area (Å²) < 4.78 is 4.95. The maximum Gasteiger partial charge on any atom is 0.330 e. The molecule has 0 aromatic heterocycles. The van der Waals surface area contributed by atoms with Crippen molar-refractivity contribution < 1.29 is 9.53 Å². The van der Waals surface area contributed by atoms with E-state index in [1.54, 1.807) is 0 Å². The smallest absolute Gasteiger partial charge is 0.330 e. The molecule has 0 atom stereocenters. The van der Waals surface area contributed by atoms with Gasteiger partial charge in [-0.05, 0) is 84.8 Å². The third-order valence-electron chi connectivity index (χ3n) is 6.39. The van der Waals surface area contributed by atoms with Crippen molar-refractivity contribution in [1.82, 2.24) is 0 Å². The number of benzene rings is 1. The van der Waals surface area contributed by atoms with Gasteiger partial charge in [0.15, 0.2) is 0 Å². The molecule has 0 saturated heterocycles. The predicted molar refractivity (Wildman–Crippen MR) is 131 cm³/mol. The maximum absolute atomic E-state index is 11.6. The fourth-order valence-corrected chi connectivity index (χ4v) is 4.26. The summed E-state index contributed by atoms with van der Waals surface area (Å²) in [6.07, 6.45) is 12.4. The number of aryl methyl sites for hydroxylation is 1. The fourth-order valence-electron chi connectivity index (χ4n) is 4.26. The molecule has 0 aliphatic heterocycles. The third-order valence-corrected chi connectivity index (χ3v) is 6.39. The van der Waals surface area contributed by atoms with Gasteiger partial charge in [0.05, 0.1) is 6.61 Å². The van der Waals surface area contributed by atoms with E-state index in [-0.39, 0.29) is 16.8 Å². The second kappa shape index (κ2) is 10.9. The first-order chi connectivity index (χ1) is 14.6. The van der Waals surface area contributed by atoms with Crippen molar-refractivity contribution in [1.29, 1.82) is 0 Å². The second-order valence-corrected chi connectivity index (χ2v) is 10.0. The molecule has 2 nitrogen and oxygen atoms in total. The Morgan fingerprint density at radius 1 is 1.06 bits per heavy atom. The molecule has 1 aliphatic rings. The number of carbonyl (C=O) groups is 1. The van der Waals surface area contributed by atoms with Crippen LogP contribution < -0.4 is 0 Å². The van der Waals surface area contributed by atoms with E-state index in [0.29, 0.717) is 6.61 Å². The highest BCUT2D eigenvalue weighted by Crippen LogP contribution is 2.46. The van der Waals surface area contributed by atoms with E-state index in [0.717, 1.165) is 17.6 Å². The zero-order valence-electron chi connectivity index (χ0n) is 20.7. The first-order valence-corrected chi connectivity index (χ1v) is 11.8. The summed E-state index contributed by atoms with van der Waals surface area (Å²) in [7, 11) is 0. The van der Waals surface area contributed by atoms with Crippen LogP contribution in [0.5, 0.6) is 0 Å². The number of hydrogen-bond acceptors (Lipinski definition) is 2. The van der Waals surface area contributed by atoms with E-state index in [4.69, 9.17) is 4.74 Å². The first kappa shape index (κ1) is 25.0. The van der Waals surface area contributed by atoms with Gasteiger partial charge >= 0.3 is 5.97 Å². The number of rotatable bonds is 7. The van der Waals surface area contributed by atoms with Crippen LogP contribution in [-0.2, 0) is 26.8 Å². The van der Waals surface area contributed by atoms with Crippen LogP contribution in [0.1, 0.15) is 103 Å². The maximum atomic E-state index is 11.6. The number of esters is 1. The summed E-state index contributed by atoms with van der Waals surface area (Å²) in [4.78, 5) is 11.6. The van der Waals surface area contributed by atoms with Gasteiger partial charge in [-0.25, -0.2) is 4.79 Å². The molecule has 0 amide bonds. The van der Waals surface area contributed by atoms with E-state index in [9.17, 15) is 4.79 Å². The Morgan fingerprint density at radius 2 is 1.71 bits per heavy atom. The van der Waals surface area contributed by atoms with Crippen LogP contribution in [0, 0.1) is 11.8 Å². The molecule has 0 saturated carbocycles. The van der Waals surface area contributed by atoms with Crippen molar-refractivity contribution in [2.75, 3.05) is 6.61 Å². The lowest BCUT2D eigenvalue weighted by Crippen LogP contribution is -2.34. The molecular formula is C29H40O2. The second-order valence-electron chi connectivity index (χ2n) is 10.0. The SMILES string of the molecule is CCCCCc1cc2c(cc1C#C/C=C/C(C)=C/C(=O)OCC)C(C)(C)CCC2(C)C. The van der Waals surface area contributed by atoms with Gasteiger partial charge in [0.2, 0.25) is 0 Å². The molecule has 0 radical (unpaired) electrons. The van der Waals surface area contributed by atoms with Crippen molar-refractivity contribution in [2.24, 2.45) is 0 Å². The molecule has 0 heterocycles. The third kappa shape index (κ3) is 6.86. The standard InChI is InChI=1S/C29H40O2/c1-8-10-11-15-23-20-25-26(29(6,7)18-17-28(25,4)5)21-24(23)16-13-12-14-22(3)19-27(30)31-9-2/h12,14,19-21H,8-11,15,17-18H2,1-7H3/b14-12+,22-19+. The van der Waals surface area contributed by atoms with Gasteiger partial charge in [-0.1, -0.05) is 71.4 Å². The average Bonchev–Trinajstić information content (AvgIpc) is 2.69. The Bertz CT molecular complexity index is 901. The number of allylic oxidation sites excluding steroid dienone is 3. The summed E-state index contributed by atoms with van der Waals surface area (Å²) in [5.74, 6) is 6.30. The summed E-state index contributed by atoms with van der Waals surface area (Å²) in [6, 6.07) is 4.81. The summed E-state index contributed by atoms with van der Waals surface area (Å²) in [6.45, 7) is 15.8. The lowest BCUT2D eigenvalue weighted by atomic mass is 9.62. The van der Waals surface area contributed by atoms with Gasteiger partial charge in [0, 0.05) is 11.6 Å². The molecule has 0 fully saturated rings. The van der Waals surface area contributed by atoms with Crippen LogP contribution in [0.15, 0.2) is 35.9 Å². The van der Waals surface area contributed by atoms with Gasteiger partial charge in [0.1, 0.15) is 0 Å². The number of unbranched alkanes of at least 4 members (excludes halogenated alkanes) is 2. The van der Waals surface area contributed by atoms with E-state index >= 15 is 0 Å². The molecule has 0 spiro atoms. The van der Waals surface area contributed by atoms with Crippen LogP contribution in [-0.4, -0.2) is 12.6 Å². The molecule has 2 rings (SSSR count). The Kier molecular flexibility index (Phi) is 8.75. The molecule has 1 aromatic carbocycles. The Balaban J connectivity index is 2.39. The summed E-state index contributed by atoms with van der Waals surface area (Å²) in [5.41, 5.74) is 6.71. The lowest BCUT2D eigenvalue weighted by molar-refractivity contribution is -0.137. The molecule has 0 unspecified atom stereocenters. The zero-order valence-corrected chi connectivity index (χ0v) is 20.7. The molecule has 0 bridgehead atoms. The number of hydrogen-bond donors (Lipinski definition) is 0. The molecule has 168 valence electrons. The molecule has 1 aromatic rings. The van der Waals surface area contributed by atoms with Crippen LogP contribution in [0.25, 0.3) is 0 Å². The lowest BCUT2D eigenvalue weighted by Gasteiger charge is -2.42.